The molecule has 2 aromatic heterocycles. The molecule has 0 N–H and O–H groups in total. The Morgan fingerprint density at radius 2 is 1.07 bits per heavy atom. The lowest BCUT2D eigenvalue weighted by Gasteiger charge is -2.15. The molecule has 0 unspecified atom stereocenters. The zero-order valence-corrected chi connectivity index (χ0v) is 24.7. The van der Waals surface area contributed by atoms with Gasteiger partial charge in [-0.3, -0.25) is 14.5 Å². The van der Waals surface area contributed by atoms with E-state index in [1.165, 1.54) is 30.6 Å². The predicted octanol–water partition coefficient (Wildman–Crippen LogP) is 8.46. The second kappa shape index (κ2) is 12.2. The Labute approximate surface area is 248 Å². The van der Waals surface area contributed by atoms with Crippen molar-refractivity contribution in [1.29, 1.82) is 0 Å². The first-order chi connectivity index (χ1) is 20.6. The van der Waals surface area contributed by atoms with Crippen LogP contribution in [-0.4, -0.2) is 25.8 Å². The highest BCUT2D eigenvalue weighted by Crippen LogP contribution is 2.42. The topological polar surface area (TPSA) is 47.2 Å². The fraction of sp³-hybridized carbons (Fsp3) is 0.297. The monoisotopic (exact) mass is 557 g/mol. The van der Waals surface area contributed by atoms with E-state index in [4.69, 9.17) is 0 Å². The number of rotatable bonds is 12. The van der Waals surface area contributed by atoms with Crippen molar-refractivity contribution >= 4 is 44.8 Å². The molecular weight excluding hydrogens is 518 g/mol. The van der Waals surface area contributed by atoms with Gasteiger partial charge >= 0.3 is 0 Å². The first-order valence-corrected chi connectivity index (χ1v) is 15.4. The minimum Gasteiger partial charge on any atom is -0.347 e. The third-order valence-electron chi connectivity index (χ3n) is 8.43. The number of benzene rings is 3. The number of hydrogen-bond donors (Lipinski definition) is 0. The predicted molar refractivity (Wildman–Crippen MR) is 172 cm³/mol. The van der Waals surface area contributed by atoms with E-state index >= 15 is 0 Å². The SMILES string of the molecule is CCCCCCCn1cc(C2=C(c3cn(CCC)c4ccccc34)C(=O)N(Cc3ccccc3)C2=O)c2ccccc21. The molecule has 214 valence electrons. The summed E-state index contributed by atoms with van der Waals surface area (Å²) in [6.07, 6.45) is 11.1. The molecule has 0 atom stereocenters. The molecule has 3 heterocycles. The van der Waals surface area contributed by atoms with Crippen LogP contribution in [0.2, 0.25) is 0 Å². The summed E-state index contributed by atoms with van der Waals surface area (Å²) in [4.78, 5) is 30.2. The van der Waals surface area contributed by atoms with Crippen molar-refractivity contribution in [3.8, 4) is 0 Å². The summed E-state index contributed by atoms with van der Waals surface area (Å²) in [7, 11) is 0. The number of carbonyl (C=O) groups is 2. The molecule has 1 aliphatic heterocycles. The average Bonchev–Trinajstić information content (AvgIpc) is 3.64. The van der Waals surface area contributed by atoms with E-state index in [-0.39, 0.29) is 18.4 Å². The van der Waals surface area contributed by atoms with Crippen LogP contribution in [0.25, 0.3) is 33.0 Å². The Balaban J connectivity index is 1.52. The third-order valence-corrected chi connectivity index (χ3v) is 8.43. The van der Waals surface area contributed by atoms with Crippen LogP contribution in [-0.2, 0) is 29.2 Å². The zero-order valence-electron chi connectivity index (χ0n) is 24.7. The number of nitrogens with zero attached hydrogens (tertiary/aromatic N) is 3. The van der Waals surface area contributed by atoms with Crippen LogP contribution in [0.1, 0.15) is 69.1 Å². The molecule has 5 heteroatoms. The standard InChI is InChI=1S/C37H39N3O2/c1-3-5-6-7-15-23-39-26-31(29-19-12-14-21-33(29)39)35-34(30-25-38(22-4-2)32-20-13-11-18-28(30)32)36(41)40(37(35)42)24-27-16-9-8-10-17-27/h8-14,16-21,25-26H,3-7,15,22-24H2,1-2H3. The second-order valence-corrected chi connectivity index (χ2v) is 11.4. The molecule has 0 bridgehead atoms. The number of unbranched alkanes of at least 4 members (excludes halogenated alkanes) is 4. The summed E-state index contributed by atoms with van der Waals surface area (Å²) < 4.78 is 4.49. The third kappa shape index (κ3) is 5.09. The summed E-state index contributed by atoms with van der Waals surface area (Å²) in [5.41, 5.74) is 5.81. The lowest BCUT2D eigenvalue weighted by atomic mass is 9.95. The van der Waals surface area contributed by atoms with Crippen molar-refractivity contribution in [3.63, 3.8) is 0 Å². The first-order valence-electron chi connectivity index (χ1n) is 15.4. The first kappa shape index (κ1) is 27.8. The maximum atomic E-state index is 14.4. The number of fused-ring (bicyclic) bond motifs is 2. The molecule has 5 nitrogen and oxygen atoms in total. The summed E-state index contributed by atoms with van der Waals surface area (Å²) in [6.45, 7) is 6.36. The van der Waals surface area contributed by atoms with Crippen molar-refractivity contribution in [2.24, 2.45) is 0 Å². The Bertz CT molecular complexity index is 1770. The molecule has 3 aromatic carbocycles. The normalized spacial score (nSPS) is 13.8. The Kier molecular flexibility index (Phi) is 8.09. The van der Waals surface area contributed by atoms with E-state index < -0.39 is 0 Å². The minimum absolute atomic E-state index is 0.225. The number of aryl methyl sites for hydroxylation is 2. The number of imide groups is 1. The second-order valence-electron chi connectivity index (χ2n) is 11.4. The number of aromatic nitrogens is 2. The smallest absolute Gasteiger partial charge is 0.262 e. The molecule has 5 aromatic rings. The van der Waals surface area contributed by atoms with Crippen LogP contribution in [0.5, 0.6) is 0 Å². The van der Waals surface area contributed by atoms with Crippen LogP contribution in [0, 0.1) is 0 Å². The zero-order chi connectivity index (χ0) is 29.1. The summed E-state index contributed by atoms with van der Waals surface area (Å²) in [5, 5.41) is 2.01. The maximum absolute atomic E-state index is 14.4. The maximum Gasteiger partial charge on any atom is 0.262 e. The van der Waals surface area contributed by atoms with E-state index in [2.05, 4.69) is 65.7 Å². The average molecular weight is 558 g/mol. The highest BCUT2D eigenvalue weighted by atomic mass is 16.2. The summed E-state index contributed by atoms with van der Waals surface area (Å²) in [5.74, 6) is -0.452. The van der Waals surface area contributed by atoms with Crippen molar-refractivity contribution in [3.05, 3.63) is 108 Å². The lowest BCUT2D eigenvalue weighted by molar-refractivity contribution is -0.136. The Morgan fingerprint density at radius 3 is 1.64 bits per heavy atom. The van der Waals surface area contributed by atoms with Gasteiger partial charge in [-0.05, 0) is 30.5 Å². The molecule has 0 spiro atoms. The molecule has 2 amide bonds. The van der Waals surface area contributed by atoms with Gasteiger partial charge in [0.25, 0.3) is 11.8 Å². The van der Waals surface area contributed by atoms with Crippen molar-refractivity contribution < 1.29 is 9.59 Å². The summed E-state index contributed by atoms with van der Waals surface area (Å²) >= 11 is 0. The van der Waals surface area contributed by atoms with Crippen molar-refractivity contribution in [2.45, 2.75) is 72.0 Å². The van der Waals surface area contributed by atoms with Gasteiger partial charge in [-0.1, -0.05) is 106 Å². The quantitative estimate of drug-likeness (QED) is 0.114. The highest BCUT2D eigenvalue weighted by molar-refractivity contribution is 6.50. The fourth-order valence-electron chi connectivity index (χ4n) is 6.37. The van der Waals surface area contributed by atoms with E-state index in [1.807, 2.05) is 48.5 Å². The lowest BCUT2D eigenvalue weighted by Crippen LogP contribution is -2.30. The highest BCUT2D eigenvalue weighted by Gasteiger charge is 2.41. The van der Waals surface area contributed by atoms with Gasteiger partial charge in [0.2, 0.25) is 0 Å². The van der Waals surface area contributed by atoms with Crippen LogP contribution < -0.4 is 0 Å². The van der Waals surface area contributed by atoms with E-state index in [0.717, 1.165) is 64.4 Å². The molecule has 0 aliphatic carbocycles. The largest absolute Gasteiger partial charge is 0.347 e. The van der Waals surface area contributed by atoms with Gasteiger partial charge in [0.15, 0.2) is 0 Å². The van der Waals surface area contributed by atoms with Gasteiger partial charge < -0.3 is 9.13 Å². The van der Waals surface area contributed by atoms with Gasteiger partial charge in [0.05, 0.1) is 17.7 Å². The van der Waals surface area contributed by atoms with Gasteiger partial charge in [0.1, 0.15) is 0 Å². The number of hydrogen-bond acceptors (Lipinski definition) is 2. The molecule has 0 saturated heterocycles. The van der Waals surface area contributed by atoms with Gasteiger partial charge in [-0.25, -0.2) is 0 Å². The molecule has 42 heavy (non-hydrogen) atoms. The van der Waals surface area contributed by atoms with E-state index in [0.29, 0.717) is 11.1 Å². The van der Waals surface area contributed by atoms with Crippen LogP contribution in [0.4, 0.5) is 0 Å². The molecular formula is C37H39N3O2. The molecule has 1 aliphatic rings. The van der Waals surface area contributed by atoms with Crippen LogP contribution >= 0.6 is 0 Å². The molecule has 0 saturated carbocycles. The Morgan fingerprint density at radius 1 is 0.548 bits per heavy atom. The number of para-hydroxylation sites is 2. The fourth-order valence-corrected chi connectivity index (χ4v) is 6.37. The van der Waals surface area contributed by atoms with Gasteiger partial charge in [0, 0.05) is 58.4 Å². The minimum atomic E-state index is -0.227. The number of carbonyl (C=O) groups excluding carboxylic acids is 2. The molecule has 0 fully saturated rings. The van der Waals surface area contributed by atoms with Gasteiger partial charge in [-0.2, -0.15) is 0 Å². The molecule has 6 rings (SSSR count). The van der Waals surface area contributed by atoms with Crippen LogP contribution in [0.15, 0.2) is 91.3 Å². The van der Waals surface area contributed by atoms with Crippen LogP contribution in [0.3, 0.4) is 0 Å². The van der Waals surface area contributed by atoms with E-state index in [1.54, 1.807) is 0 Å². The van der Waals surface area contributed by atoms with Crippen molar-refractivity contribution in [2.75, 3.05) is 0 Å². The van der Waals surface area contributed by atoms with E-state index in [9.17, 15) is 9.59 Å². The number of amides is 2. The van der Waals surface area contributed by atoms with Crippen molar-refractivity contribution in [1.82, 2.24) is 14.0 Å². The molecule has 0 radical (unpaired) electrons. The Hall–Kier alpha value is -4.38. The van der Waals surface area contributed by atoms with Gasteiger partial charge in [-0.15, -0.1) is 0 Å². The summed E-state index contributed by atoms with van der Waals surface area (Å²) in [6, 6.07) is 26.3.